The van der Waals surface area contributed by atoms with Crippen LogP contribution < -0.4 is 4.90 Å². The minimum absolute atomic E-state index is 0.253. The summed E-state index contributed by atoms with van der Waals surface area (Å²) in [6.45, 7) is 9.07. The van der Waals surface area contributed by atoms with Crippen LogP contribution in [-0.2, 0) is 11.2 Å². The van der Waals surface area contributed by atoms with Crippen LogP contribution >= 0.6 is 11.6 Å². The van der Waals surface area contributed by atoms with Crippen LogP contribution in [0.2, 0.25) is 5.02 Å². The molecule has 2 heterocycles. The zero-order valence-electron chi connectivity index (χ0n) is 16.3. The predicted octanol–water partition coefficient (Wildman–Crippen LogP) is 3.79. The summed E-state index contributed by atoms with van der Waals surface area (Å²) in [5.74, 6) is 2.00. The smallest absolute Gasteiger partial charge is 0.222 e. The highest BCUT2D eigenvalue weighted by Gasteiger charge is 2.24. The second kappa shape index (κ2) is 8.70. The van der Waals surface area contributed by atoms with Crippen molar-refractivity contribution in [3.05, 3.63) is 51.9 Å². The number of anilines is 1. The lowest BCUT2D eigenvalue weighted by atomic mass is 10.0. The summed E-state index contributed by atoms with van der Waals surface area (Å²) in [5, 5.41) is 0.762. The van der Waals surface area contributed by atoms with Gasteiger partial charge in [-0.3, -0.25) is 4.79 Å². The Hall–Kier alpha value is -2.14. The van der Waals surface area contributed by atoms with Gasteiger partial charge in [0.25, 0.3) is 0 Å². The summed E-state index contributed by atoms with van der Waals surface area (Å²) < 4.78 is 0. The number of hydrogen-bond donors (Lipinski definition) is 0. The molecule has 0 radical (unpaired) electrons. The van der Waals surface area contributed by atoms with Gasteiger partial charge >= 0.3 is 0 Å². The van der Waals surface area contributed by atoms with E-state index in [2.05, 4.69) is 9.88 Å². The van der Waals surface area contributed by atoms with Gasteiger partial charge in [-0.05, 0) is 31.9 Å². The number of halogens is 1. The zero-order chi connectivity index (χ0) is 19.4. The molecule has 0 unspecified atom stereocenters. The quantitative estimate of drug-likeness (QED) is 0.784. The van der Waals surface area contributed by atoms with Crippen LogP contribution in [0.25, 0.3) is 0 Å². The van der Waals surface area contributed by atoms with E-state index in [1.54, 1.807) is 0 Å². The van der Waals surface area contributed by atoms with E-state index in [-0.39, 0.29) is 5.91 Å². The fourth-order valence-corrected chi connectivity index (χ4v) is 3.76. The molecule has 1 aromatic carbocycles. The first-order valence-electron chi connectivity index (χ1n) is 9.59. The molecule has 0 N–H and O–H groups in total. The highest BCUT2D eigenvalue weighted by Crippen LogP contribution is 2.27. The maximum Gasteiger partial charge on any atom is 0.222 e. The Morgan fingerprint density at radius 2 is 1.81 bits per heavy atom. The van der Waals surface area contributed by atoms with Gasteiger partial charge in [0.2, 0.25) is 5.91 Å². The summed E-state index contributed by atoms with van der Waals surface area (Å²) in [5.41, 5.74) is 3.18. The molecule has 0 saturated carbocycles. The molecule has 1 amide bonds. The summed E-state index contributed by atoms with van der Waals surface area (Å²) >= 11 is 6.38. The van der Waals surface area contributed by atoms with Gasteiger partial charge < -0.3 is 9.80 Å². The maximum atomic E-state index is 12.2. The van der Waals surface area contributed by atoms with E-state index in [0.29, 0.717) is 12.8 Å². The molecular formula is C21H27ClN4O. The second-order valence-electron chi connectivity index (χ2n) is 7.04. The SMILES string of the molecule is CCCC(=O)N1CCN(c2nc(C)nc(C)c2Cc2ccccc2Cl)CC1. The number of amides is 1. The van der Waals surface area contributed by atoms with Crippen LogP contribution in [0.3, 0.4) is 0 Å². The Morgan fingerprint density at radius 3 is 2.48 bits per heavy atom. The highest BCUT2D eigenvalue weighted by atomic mass is 35.5. The second-order valence-corrected chi connectivity index (χ2v) is 7.45. The van der Waals surface area contributed by atoms with E-state index in [0.717, 1.165) is 66.1 Å². The first-order chi connectivity index (χ1) is 13.0. The van der Waals surface area contributed by atoms with Crippen molar-refractivity contribution in [2.45, 2.75) is 40.0 Å². The number of rotatable bonds is 5. The molecule has 1 aliphatic heterocycles. The molecule has 0 spiro atoms. The van der Waals surface area contributed by atoms with Crippen molar-refractivity contribution in [1.82, 2.24) is 14.9 Å². The van der Waals surface area contributed by atoms with E-state index in [9.17, 15) is 4.79 Å². The van der Waals surface area contributed by atoms with Gasteiger partial charge in [0, 0.05) is 55.3 Å². The van der Waals surface area contributed by atoms with Crippen molar-refractivity contribution in [2.75, 3.05) is 31.1 Å². The lowest BCUT2D eigenvalue weighted by molar-refractivity contribution is -0.131. The molecule has 27 heavy (non-hydrogen) atoms. The van der Waals surface area contributed by atoms with E-state index >= 15 is 0 Å². The van der Waals surface area contributed by atoms with Gasteiger partial charge in [-0.2, -0.15) is 0 Å². The van der Waals surface area contributed by atoms with Crippen molar-refractivity contribution in [2.24, 2.45) is 0 Å². The number of hydrogen-bond acceptors (Lipinski definition) is 4. The lowest BCUT2D eigenvalue weighted by Crippen LogP contribution is -2.49. The van der Waals surface area contributed by atoms with Crippen LogP contribution in [0.5, 0.6) is 0 Å². The van der Waals surface area contributed by atoms with Gasteiger partial charge in [-0.25, -0.2) is 9.97 Å². The summed E-state index contributed by atoms with van der Waals surface area (Å²) in [6, 6.07) is 7.91. The van der Waals surface area contributed by atoms with Crippen molar-refractivity contribution in [3.63, 3.8) is 0 Å². The molecule has 1 fully saturated rings. The molecule has 0 aliphatic carbocycles. The van der Waals surface area contributed by atoms with Crippen molar-refractivity contribution < 1.29 is 4.79 Å². The van der Waals surface area contributed by atoms with E-state index < -0.39 is 0 Å². The molecule has 1 saturated heterocycles. The van der Waals surface area contributed by atoms with E-state index in [1.165, 1.54) is 0 Å². The maximum absolute atomic E-state index is 12.2. The number of carbonyl (C=O) groups excluding carboxylic acids is 1. The molecule has 3 rings (SSSR count). The van der Waals surface area contributed by atoms with Crippen molar-refractivity contribution in [3.8, 4) is 0 Å². The largest absolute Gasteiger partial charge is 0.353 e. The molecule has 2 aromatic rings. The lowest BCUT2D eigenvalue weighted by Gasteiger charge is -2.36. The Kier molecular flexibility index (Phi) is 6.32. The van der Waals surface area contributed by atoms with Gasteiger partial charge in [0.1, 0.15) is 11.6 Å². The first kappa shape index (κ1) is 19.6. The fourth-order valence-electron chi connectivity index (χ4n) is 3.56. The van der Waals surface area contributed by atoms with Crippen molar-refractivity contribution in [1.29, 1.82) is 0 Å². The predicted molar refractivity (Wildman–Crippen MR) is 109 cm³/mol. The van der Waals surface area contributed by atoms with Crippen molar-refractivity contribution >= 4 is 23.3 Å². The van der Waals surface area contributed by atoms with Gasteiger partial charge in [0.15, 0.2) is 0 Å². The molecule has 144 valence electrons. The fraction of sp³-hybridized carbons (Fsp3) is 0.476. The van der Waals surface area contributed by atoms with Gasteiger partial charge in [0.05, 0.1) is 0 Å². The Morgan fingerprint density at radius 1 is 1.11 bits per heavy atom. The molecular weight excluding hydrogens is 360 g/mol. The summed E-state index contributed by atoms with van der Waals surface area (Å²) in [6.07, 6.45) is 2.23. The average Bonchev–Trinajstić information content (AvgIpc) is 2.65. The Balaban J connectivity index is 1.83. The number of aromatic nitrogens is 2. The molecule has 0 atom stereocenters. The molecule has 6 heteroatoms. The minimum atomic E-state index is 0.253. The van der Waals surface area contributed by atoms with Crippen LogP contribution in [0.15, 0.2) is 24.3 Å². The normalized spacial score (nSPS) is 14.5. The highest BCUT2D eigenvalue weighted by molar-refractivity contribution is 6.31. The van der Waals surface area contributed by atoms with Crippen LogP contribution in [-0.4, -0.2) is 47.0 Å². The average molecular weight is 387 g/mol. The Labute approximate surface area is 166 Å². The number of aryl methyl sites for hydroxylation is 2. The summed E-state index contributed by atoms with van der Waals surface area (Å²) in [4.78, 5) is 25.7. The standard InChI is InChI=1S/C21H27ClN4O/c1-4-7-20(27)25-10-12-26(13-11-25)21-18(15(2)23-16(3)24-21)14-17-8-5-6-9-19(17)22/h5-6,8-9H,4,7,10-14H2,1-3H3. The molecule has 0 bridgehead atoms. The zero-order valence-corrected chi connectivity index (χ0v) is 17.1. The number of piperazine rings is 1. The third kappa shape index (κ3) is 4.59. The molecule has 1 aromatic heterocycles. The van der Waals surface area contributed by atoms with E-state index in [4.69, 9.17) is 16.6 Å². The topological polar surface area (TPSA) is 49.3 Å². The monoisotopic (exact) mass is 386 g/mol. The summed E-state index contributed by atoms with van der Waals surface area (Å²) in [7, 11) is 0. The Bertz CT molecular complexity index is 816. The van der Waals surface area contributed by atoms with Crippen LogP contribution in [0.1, 0.15) is 42.4 Å². The third-order valence-electron chi connectivity index (χ3n) is 5.02. The van der Waals surface area contributed by atoms with Crippen LogP contribution in [0.4, 0.5) is 5.82 Å². The molecule has 5 nitrogen and oxygen atoms in total. The minimum Gasteiger partial charge on any atom is -0.353 e. The van der Waals surface area contributed by atoms with Gasteiger partial charge in [-0.1, -0.05) is 36.7 Å². The van der Waals surface area contributed by atoms with Gasteiger partial charge in [-0.15, -0.1) is 0 Å². The number of nitrogens with zero attached hydrogens (tertiary/aromatic N) is 4. The molecule has 1 aliphatic rings. The number of benzene rings is 1. The van der Waals surface area contributed by atoms with E-state index in [1.807, 2.05) is 49.9 Å². The third-order valence-corrected chi connectivity index (χ3v) is 5.39. The first-order valence-corrected chi connectivity index (χ1v) is 9.97. The van der Waals surface area contributed by atoms with Crippen LogP contribution in [0, 0.1) is 13.8 Å². The number of carbonyl (C=O) groups is 1.